The van der Waals surface area contributed by atoms with Crippen molar-refractivity contribution in [3.05, 3.63) is 29.6 Å². The second-order valence-electron chi connectivity index (χ2n) is 8.10. The molecule has 208 valence electrons. The van der Waals surface area contributed by atoms with Crippen LogP contribution in [0.1, 0.15) is 12.5 Å². The van der Waals surface area contributed by atoms with E-state index in [0.717, 1.165) is 0 Å². The number of carbonyl (C=O) groups excluding carboxylic acids is 2. The van der Waals surface area contributed by atoms with Crippen molar-refractivity contribution < 1.29 is 38.0 Å². The summed E-state index contributed by atoms with van der Waals surface area (Å²) in [6.07, 6.45) is 0. The number of benzene rings is 1. The molecule has 0 aliphatic carbocycles. The number of urea groups is 1. The first-order valence-corrected chi connectivity index (χ1v) is 13.0. The normalized spacial score (nSPS) is 18.2. The average Bonchev–Trinajstić information content (AvgIpc) is 2.89. The highest BCUT2D eigenvalue weighted by atomic mass is 32.2. The lowest BCUT2D eigenvalue weighted by Crippen LogP contribution is -2.61. The van der Waals surface area contributed by atoms with Crippen molar-refractivity contribution in [2.45, 2.75) is 24.1 Å². The smallest absolute Gasteiger partial charge is 0.315 e. The maximum absolute atomic E-state index is 14.3. The molecular formula is C23H38FN6O6S+. The Kier molecular flexibility index (Phi) is 14.6. The number of ether oxygens (including phenoxy) is 4. The third kappa shape index (κ3) is 11.9. The van der Waals surface area contributed by atoms with Gasteiger partial charge in [0, 0.05) is 30.6 Å². The maximum atomic E-state index is 14.3. The van der Waals surface area contributed by atoms with Gasteiger partial charge in [-0.1, -0.05) is 13.0 Å². The zero-order valence-electron chi connectivity index (χ0n) is 21.5. The van der Waals surface area contributed by atoms with Crippen LogP contribution >= 0.6 is 11.8 Å². The quantitative estimate of drug-likeness (QED) is 0.0947. The largest absolute Gasteiger partial charge is 0.497 e. The van der Waals surface area contributed by atoms with Gasteiger partial charge in [-0.15, -0.1) is 11.8 Å². The summed E-state index contributed by atoms with van der Waals surface area (Å²) in [4.78, 5) is 24.8. The van der Waals surface area contributed by atoms with Gasteiger partial charge in [0.15, 0.2) is 0 Å². The molecule has 5 N–H and O–H groups in total. The van der Waals surface area contributed by atoms with Gasteiger partial charge in [-0.2, -0.15) is 10.5 Å². The van der Waals surface area contributed by atoms with E-state index in [0.29, 0.717) is 50.8 Å². The van der Waals surface area contributed by atoms with E-state index < -0.39 is 11.1 Å². The Hall–Kier alpha value is -2.68. The average molecular weight is 546 g/mol. The molecule has 1 aromatic rings. The van der Waals surface area contributed by atoms with Crippen molar-refractivity contribution in [1.29, 1.82) is 0 Å². The van der Waals surface area contributed by atoms with E-state index in [1.807, 2.05) is 6.92 Å². The maximum Gasteiger partial charge on any atom is 0.315 e. The predicted molar refractivity (Wildman–Crippen MR) is 135 cm³/mol. The Labute approximate surface area is 220 Å². The Bertz CT molecular complexity index is 867. The fraction of sp³-hybridized carbons (Fsp3) is 0.652. The topological polar surface area (TPSA) is 146 Å². The molecule has 3 amide bonds. The predicted octanol–water partition coefficient (Wildman–Crippen LogP) is -0.456. The summed E-state index contributed by atoms with van der Waals surface area (Å²) >= 11 is 1.31. The van der Waals surface area contributed by atoms with Crippen molar-refractivity contribution in [1.82, 2.24) is 21.4 Å². The fourth-order valence-electron chi connectivity index (χ4n) is 3.18. The van der Waals surface area contributed by atoms with Gasteiger partial charge >= 0.3 is 6.03 Å². The summed E-state index contributed by atoms with van der Waals surface area (Å²) < 4.78 is 35.9. The van der Waals surface area contributed by atoms with Crippen molar-refractivity contribution in [2.75, 3.05) is 66.9 Å². The van der Waals surface area contributed by atoms with Crippen molar-refractivity contribution in [2.24, 2.45) is 11.1 Å². The first-order valence-electron chi connectivity index (χ1n) is 12.1. The number of methoxy groups -OCH3 is 1. The molecule has 1 aromatic carbocycles. The van der Waals surface area contributed by atoms with E-state index in [1.54, 1.807) is 19.2 Å². The van der Waals surface area contributed by atoms with Crippen LogP contribution in [0, 0.1) is 11.7 Å². The molecule has 12 nitrogen and oxygen atoms in total. The number of thioether (sulfide) groups is 1. The molecule has 0 radical (unpaired) electrons. The number of amides is 3. The van der Waals surface area contributed by atoms with E-state index >= 15 is 0 Å². The molecule has 2 unspecified atom stereocenters. The van der Waals surface area contributed by atoms with Gasteiger partial charge in [-0.25, -0.2) is 9.18 Å². The molecule has 0 aromatic heterocycles. The molecule has 1 saturated heterocycles. The van der Waals surface area contributed by atoms with E-state index in [9.17, 15) is 14.0 Å². The summed E-state index contributed by atoms with van der Waals surface area (Å²) in [6, 6.07) is 4.19. The number of hydrogen-bond donors (Lipinski definition) is 5. The molecule has 0 spiro atoms. The summed E-state index contributed by atoms with van der Waals surface area (Å²) in [7, 11) is 3.16. The van der Waals surface area contributed by atoms with Gasteiger partial charge in [-0.05, 0) is 6.07 Å². The van der Waals surface area contributed by atoms with Crippen LogP contribution in [-0.2, 0) is 25.5 Å². The lowest BCUT2D eigenvalue weighted by molar-refractivity contribution is -0.506. The first-order chi connectivity index (χ1) is 17.9. The van der Waals surface area contributed by atoms with Crippen LogP contribution in [0.3, 0.4) is 0 Å². The lowest BCUT2D eigenvalue weighted by Gasteiger charge is -2.32. The Morgan fingerprint density at radius 1 is 1.24 bits per heavy atom. The third-order valence-corrected chi connectivity index (χ3v) is 6.81. The minimum Gasteiger partial charge on any atom is -0.497 e. The number of hydrogen-bond acceptors (Lipinski definition) is 8. The molecule has 1 heterocycles. The standard InChI is InChI=1S/C23H37FN6O6S/c1-16-13-27-23(32)29-22(16)37-20(15-36-11-10-35-9-8-34-7-6-28-30-25-2)21(31)26-14-17-4-5-18(33-3)12-19(17)24/h4-5,12,16,20,22H,6-11,13-15H2,1-3H3,(H,25,28)(H,26,31)(H2,27,29,32)/p+1/t16?,20-,22?/m1/s1. The highest BCUT2D eigenvalue weighted by molar-refractivity contribution is 8.01. The molecule has 1 aliphatic rings. The van der Waals surface area contributed by atoms with E-state index in [1.165, 1.54) is 24.9 Å². The van der Waals surface area contributed by atoms with Crippen molar-refractivity contribution in [3.8, 4) is 5.75 Å². The van der Waals surface area contributed by atoms with Crippen molar-refractivity contribution in [3.63, 3.8) is 0 Å². The zero-order chi connectivity index (χ0) is 26.9. The van der Waals surface area contributed by atoms with E-state index in [-0.39, 0.29) is 43.0 Å². The minimum absolute atomic E-state index is 0.0154. The van der Waals surface area contributed by atoms with Crippen LogP contribution in [-0.4, -0.2) is 89.5 Å². The summed E-state index contributed by atoms with van der Waals surface area (Å²) in [5.74, 6) is -0.281. The Balaban J connectivity index is 1.78. The molecular weight excluding hydrogens is 507 g/mol. The van der Waals surface area contributed by atoms with Crippen LogP contribution < -0.4 is 31.2 Å². The van der Waals surface area contributed by atoms with Crippen LogP contribution in [0.15, 0.2) is 23.4 Å². The van der Waals surface area contributed by atoms with Gasteiger partial charge < -0.3 is 34.9 Å². The van der Waals surface area contributed by atoms with E-state index in [4.69, 9.17) is 18.9 Å². The van der Waals surface area contributed by atoms with Crippen LogP contribution in [0.4, 0.5) is 9.18 Å². The number of halogens is 1. The summed E-state index contributed by atoms with van der Waals surface area (Å²) in [5.41, 5.74) is 3.11. The first kappa shape index (κ1) is 30.5. The van der Waals surface area contributed by atoms with Gasteiger partial charge in [0.1, 0.15) is 23.4 Å². The lowest BCUT2D eigenvalue weighted by atomic mass is 10.1. The monoisotopic (exact) mass is 545 g/mol. The minimum atomic E-state index is -0.619. The second kappa shape index (κ2) is 17.7. The van der Waals surface area contributed by atoms with Crippen molar-refractivity contribution >= 4 is 23.7 Å². The Morgan fingerprint density at radius 3 is 2.68 bits per heavy atom. The molecule has 0 saturated carbocycles. The highest BCUT2D eigenvalue weighted by Gasteiger charge is 2.31. The number of carbonyl (C=O) groups is 2. The zero-order valence-corrected chi connectivity index (χ0v) is 22.3. The summed E-state index contributed by atoms with van der Waals surface area (Å²) in [6.45, 7) is 5.18. The highest BCUT2D eigenvalue weighted by Crippen LogP contribution is 2.25. The van der Waals surface area contributed by atoms with E-state index in [2.05, 4.69) is 31.7 Å². The number of nitrogens with zero attached hydrogens (tertiary/aromatic N) is 1. The van der Waals surface area contributed by atoms with Crippen LogP contribution in [0.25, 0.3) is 0 Å². The molecule has 1 aliphatic heterocycles. The fourth-order valence-corrected chi connectivity index (χ4v) is 4.46. The van der Waals surface area contributed by atoms with Gasteiger partial charge in [0.2, 0.25) is 5.91 Å². The number of nitrogens with one attached hydrogen (secondary N) is 5. The molecule has 37 heavy (non-hydrogen) atoms. The number of rotatable bonds is 18. The molecule has 1 fully saturated rings. The summed E-state index contributed by atoms with van der Waals surface area (Å²) in [5, 5.41) is 13.8. The van der Waals surface area contributed by atoms with Gasteiger partial charge in [0.05, 0.1) is 64.4 Å². The molecule has 0 bridgehead atoms. The SMILES string of the molecule is C[NH+]=NNCCOCCOCCOC[C@@H](SC1NC(=O)NCC1C)C(=O)NCc1ccc(OC)cc1F. The Morgan fingerprint density at radius 2 is 1.97 bits per heavy atom. The van der Waals surface area contributed by atoms with Crippen LogP contribution in [0.2, 0.25) is 0 Å². The molecule has 3 atom stereocenters. The molecule has 14 heteroatoms. The van der Waals surface area contributed by atoms with Gasteiger partial charge in [-0.3, -0.25) is 4.79 Å². The third-order valence-electron chi connectivity index (χ3n) is 5.25. The van der Waals surface area contributed by atoms with Gasteiger partial charge in [0.25, 0.3) is 0 Å². The van der Waals surface area contributed by atoms with Crippen LogP contribution in [0.5, 0.6) is 5.75 Å². The second-order valence-corrected chi connectivity index (χ2v) is 9.44. The molecule has 2 rings (SSSR count).